The third kappa shape index (κ3) is 4.75. The van der Waals surface area contributed by atoms with Crippen molar-refractivity contribution in [2.24, 2.45) is 0 Å². The van der Waals surface area contributed by atoms with E-state index in [2.05, 4.69) is 5.32 Å². The van der Waals surface area contributed by atoms with Gasteiger partial charge in [0.15, 0.2) is 0 Å². The number of hydrogen-bond acceptors (Lipinski definition) is 5. The number of urea groups is 1. The topological polar surface area (TPSA) is 85.7 Å². The molecule has 0 saturated carbocycles. The van der Waals surface area contributed by atoms with E-state index in [4.69, 9.17) is 14.5 Å². The van der Waals surface area contributed by atoms with Crippen molar-refractivity contribution in [3.05, 3.63) is 89.0 Å². The Hall–Kier alpha value is -4.33. The molecular formula is C28H30N4O4. The summed E-state index contributed by atoms with van der Waals surface area (Å²) in [7, 11) is 3.14. The largest absolute Gasteiger partial charge is 0.497 e. The lowest BCUT2D eigenvalue weighted by Gasteiger charge is -2.31. The van der Waals surface area contributed by atoms with Gasteiger partial charge in [-0.25, -0.2) is 9.78 Å². The van der Waals surface area contributed by atoms with Crippen molar-refractivity contribution in [1.29, 1.82) is 0 Å². The molecule has 1 atom stereocenters. The second kappa shape index (κ2) is 10.9. The third-order valence-corrected chi connectivity index (χ3v) is 6.11. The number of para-hydroxylation sites is 3. The summed E-state index contributed by atoms with van der Waals surface area (Å²) in [4.78, 5) is 33.9. The van der Waals surface area contributed by atoms with Gasteiger partial charge in [-0.1, -0.05) is 37.3 Å². The number of benzene rings is 3. The van der Waals surface area contributed by atoms with Crippen LogP contribution in [0.5, 0.6) is 11.5 Å². The minimum atomic E-state index is -0.483. The van der Waals surface area contributed by atoms with E-state index in [0.29, 0.717) is 52.6 Å². The molecule has 0 aliphatic heterocycles. The Bertz CT molecular complexity index is 1430. The van der Waals surface area contributed by atoms with Crippen LogP contribution in [-0.2, 0) is 0 Å². The van der Waals surface area contributed by atoms with Gasteiger partial charge in [0.05, 0.1) is 36.9 Å². The Morgan fingerprint density at radius 2 is 1.75 bits per heavy atom. The fourth-order valence-corrected chi connectivity index (χ4v) is 4.36. The van der Waals surface area contributed by atoms with E-state index in [9.17, 15) is 9.59 Å². The third-order valence-electron chi connectivity index (χ3n) is 6.11. The number of ether oxygens (including phenoxy) is 2. The van der Waals surface area contributed by atoms with Crippen LogP contribution in [-0.4, -0.2) is 41.2 Å². The zero-order valence-electron chi connectivity index (χ0n) is 20.9. The smallest absolute Gasteiger partial charge is 0.322 e. The average Bonchev–Trinajstić information content (AvgIpc) is 2.91. The summed E-state index contributed by atoms with van der Waals surface area (Å²) in [6.07, 6.45) is 0.541. The van der Waals surface area contributed by atoms with E-state index in [-0.39, 0.29) is 11.6 Å². The van der Waals surface area contributed by atoms with E-state index in [1.807, 2.05) is 62.4 Å². The number of anilines is 1. The standard InChI is InChI=1S/C28H30N4O4/c1-5-23(31(6-2)28(34)29-19-12-11-13-20(18-19)35-3)26-30-22-15-8-7-14-21(22)27(33)32(26)24-16-9-10-17-25(24)36-4/h7-18,23H,5-6H2,1-4H3,(H,29,34). The fourth-order valence-electron chi connectivity index (χ4n) is 4.36. The number of carbonyl (C=O) groups excluding carboxylic acids is 1. The molecule has 2 amide bonds. The first-order chi connectivity index (χ1) is 17.5. The van der Waals surface area contributed by atoms with E-state index >= 15 is 0 Å². The van der Waals surface area contributed by atoms with Gasteiger partial charge in [-0.05, 0) is 49.7 Å². The Labute approximate surface area is 210 Å². The minimum Gasteiger partial charge on any atom is -0.497 e. The van der Waals surface area contributed by atoms with Crippen LogP contribution in [0.25, 0.3) is 16.6 Å². The number of nitrogens with one attached hydrogen (secondary N) is 1. The number of rotatable bonds is 8. The molecule has 8 nitrogen and oxygen atoms in total. The minimum absolute atomic E-state index is 0.220. The molecule has 3 aromatic carbocycles. The maximum absolute atomic E-state index is 13.8. The van der Waals surface area contributed by atoms with E-state index < -0.39 is 6.04 Å². The molecule has 4 aromatic rings. The van der Waals surface area contributed by atoms with Gasteiger partial charge in [-0.2, -0.15) is 0 Å². The SMILES string of the molecule is CCC(c1nc2ccccc2c(=O)n1-c1ccccc1OC)N(CC)C(=O)Nc1cccc(OC)c1. The van der Waals surface area contributed by atoms with E-state index in [1.165, 1.54) is 0 Å². The molecule has 0 aliphatic carbocycles. The first kappa shape index (κ1) is 24.8. The van der Waals surface area contributed by atoms with Gasteiger partial charge in [0.1, 0.15) is 17.3 Å². The number of nitrogens with zero attached hydrogens (tertiary/aromatic N) is 3. The van der Waals surface area contributed by atoms with E-state index in [0.717, 1.165) is 0 Å². The lowest BCUT2D eigenvalue weighted by molar-refractivity contribution is 0.185. The van der Waals surface area contributed by atoms with Crippen LogP contribution in [0.1, 0.15) is 32.1 Å². The second-order valence-corrected chi connectivity index (χ2v) is 8.17. The van der Waals surface area contributed by atoms with Crippen LogP contribution in [0.15, 0.2) is 77.6 Å². The molecule has 36 heavy (non-hydrogen) atoms. The fraction of sp³-hybridized carbons (Fsp3) is 0.250. The summed E-state index contributed by atoms with van der Waals surface area (Å²) in [5.41, 5.74) is 1.54. The van der Waals surface area contributed by atoms with Crippen LogP contribution >= 0.6 is 0 Å². The summed E-state index contributed by atoms with van der Waals surface area (Å²) in [6, 6.07) is 20.9. The highest BCUT2D eigenvalue weighted by Gasteiger charge is 2.29. The first-order valence-corrected chi connectivity index (χ1v) is 11.9. The molecule has 0 fully saturated rings. The van der Waals surface area contributed by atoms with Crippen molar-refractivity contribution >= 4 is 22.6 Å². The van der Waals surface area contributed by atoms with Crippen LogP contribution < -0.4 is 20.3 Å². The molecule has 1 heterocycles. The van der Waals surface area contributed by atoms with Gasteiger partial charge in [0, 0.05) is 18.3 Å². The molecule has 4 rings (SSSR count). The molecule has 0 saturated heterocycles. The number of aromatic nitrogens is 2. The number of hydrogen-bond donors (Lipinski definition) is 1. The molecule has 0 spiro atoms. The molecule has 0 radical (unpaired) electrons. The summed E-state index contributed by atoms with van der Waals surface area (Å²) < 4.78 is 12.4. The number of amides is 2. The number of methoxy groups -OCH3 is 2. The summed E-state index contributed by atoms with van der Waals surface area (Å²) in [5.74, 6) is 1.65. The average molecular weight is 487 g/mol. The molecule has 8 heteroatoms. The van der Waals surface area contributed by atoms with Crippen molar-refractivity contribution in [2.75, 3.05) is 26.1 Å². The lowest BCUT2D eigenvalue weighted by Crippen LogP contribution is -2.40. The van der Waals surface area contributed by atoms with Crippen LogP contribution in [0.3, 0.4) is 0 Å². The maximum atomic E-state index is 13.8. The highest BCUT2D eigenvalue weighted by atomic mass is 16.5. The van der Waals surface area contributed by atoms with Crippen LogP contribution in [0.4, 0.5) is 10.5 Å². The van der Waals surface area contributed by atoms with E-state index in [1.54, 1.807) is 48.0 Å². The predicted octanol–water partition coefficient (Wildman–Crippen LogP) is 5.41. The van der Waals surface area contributed by atoms with Gasteiger partial charge in [-0.15, -0.1) is 0 Å². The van der Waals surface area contributed by atoms with Crippen molar-refractivity contribution < 1.29 is 14.3 Å². The summed E-state index contributed by atoms with van der Waals surface area (Å²) in [6.45, 7) is 4.28. The Balaban J connectivity index is 1.86. The molecule has 0 aliphatic rings. The summed E-state index contributed by atoms with van der Waals surface area (Å²) in [5, 5.41) is 3.44. The molecule has 186 valence electrons. The highest BCUT2D eigenvalue weighted by Crippen LogP contribution is 2.30. The Kier molecular flexibility index (Phi) is 7.53. The second-order valence-electron chi connectivity index (χ2n) is 8.17. The molecule has 1 unspecified atom stereocenters. The number of carbonyl (C=O) groups is 1. The first-order valence-electron chi connectivity index (χ1n) is 11.9. The van der Waals surface area contributed by atoms with Crippen molar-refractivity contribution in [1.82, 2.24) is 14.5 Å². The monoisotopic (exact) mass is 486 g/mol. The number of fused-ring (bicyclic) bond motifs is 1. The van der Waals surface area contributed by atoms with Crippen molar-refractivity contribution in [3.8, 4) is 17.2 Å². The van der Waals surface area contributed by atoms with Crippen molar-refractivity contribution in [3.63, 3.8) is 0 Å². The lowest BCUT2D eigenvalue weighted by atomic mass is 10.1. The van der Waals surface area contributed by atoms with Gasteiger partial charge in [0.25, 0.3) is 5.56 Å². The molecule has 0 bridgehead atoms. The predicted molar refractivity (Wildman–Crippen MR) is 141 cm³/mol. The van der Waals surface area contributed by atoms with Gasteiger partial charge in [0.2, 0.25) is 0 Å². The van der Waals surface area contributed by atoms with Crippen LogP contribution in [0.2, 0.25) is 0 Å². The zero-order valence-corrected chi connectivity index (χ0v) is 20.9. The Morgan fingerprint density at radius 3 is 2.47 bits per heavy atom. The van der Waals surface area contributed by atoms with Gasteiger partial charge < -0.3 is 19.7 Å². The van der Waals surface area contributed by atoms with Gasteiger partial charge in [-0.3, -0.25) is 9.36 Å². The molecule has 1 N–H and O–H groups in total. The molecule has 1 aromatic heterocycles. The summed E-state index contributed by atoms with van der Waals surface area (Å²) >= 11 is 0. The highest BCUT2D eigenvalue weighted by molar-refractivity contribution is 5.90. The quantitative estimate of drug-likeness (QED) is 0.360. The van der Waals surface area contributed by atoms with Gasteiger partial charge >= 0.3 is 6.03 Å². The van der Waals surface area contributed by atoms with Crippen molar-refractivity contribution in [2.45, 2.75) is 26.3 Å². The normalized spacial score (nSPS) is 11.7. The Morgan fingerprint density at radius 1 is 1.00 bits per heavy atom. The van der Waals surface area contributed by atoms with Crippen LogP contribution in [0, 0.1) is 0 Å². The maximum Gasteiger partial charge on any atom is 0.322 e. The zero-order chi connectivity index (χ0) is 25.7. The molecular weight excluding hydrogens is 456 g/mol.